The quantitative estimate of drug-likeness (QED) is 0.799. The van der Waals surface area contributed by atoms with Crippen molar-refractivity contribution >= 4 is 12.0 Å². The second-order valence-corrected chi connectivity index (χ2v) is 6.49. The molecule has 2 fully saturated rings. The Bertz CT molecular complexity index is 510. The summed E-state index contributed by atoms with van der Waals surface area (Å²) < 4.78 is 11.0. The van der Waals surface area contributed by atoms with Crippen LogP contribution < -0.4 is 4.90 Å². The first-order valence-corrected chi connectivity index (χ1v) is 8.21. The second kappa shape index (κ2) is 6.39. The highest BCUT2D eigenvalue weighted by molar-refractivity contribution is 5.70. The van der Waals surface area contributed by atoms with Crippen molar-refractivity contribution in [3.05, 3.63) is 29.8 Å². The van der Waals surface area contributed by atoms with Gasteiger partial charge in [-0.2, -0.15) is 0 Å². The lowest BCUT2D eigenvalue weighted by Gasteiger charge is -2.30. The first kappa shape index (κ1) is 15.5. The molecule has 1 aliphatic carbocycles. The fraction of sp³-hybridized carbons (Fsp3) is 0.611. The third-order valence-electron chi connectivity index (χ3n) is 5.00. The van der Waals surface area contributed by atoms with Crippen LogP contribution in [0.4, 0.5) is 5.69 Å². The van der Waals surface area contributed by atoms with Gasteiger partial charge in [0, 0.05) is 12.8 Å². The largest absolute Gasteiger partial charge is 0.354 e. The predicted octanol–water partition coefficient (Wildman–Crippen LogP) is 3.46. The zero-order valence-corrected chi connectivity index (χ0v) is 13.5. The van der Waals surface area contributed by atoms with Crippen LogP contribution in [0.1, 0.15) is 50.5 Å². The zero-order valence-electron chi connectivity index (χ0n) is 13.5. The van der Waals surface area contributed by atoms with Gasteiger partial charge in [-0.1, -0.05) is 31.4 Å². The van der Waals surface area contributed by atoms with Crippen LogP contribution in [0.15, 0.2) is 24.3 Å². The third-order valence-corrected chi connectivity index (χ3v) is 5.00. The van der Waals surface area contributed by atoms with Crippen LogP contribution in [0.3, 0.4) is 0 Å². The van der Waals surface area contributed by atoms with E-state index >= 15 is 0 Å². The molecule has 0 N–H and O–H groups in total. The molecule has 0 radical (unpaired) electrons. The number of benzene rings is 1. The van der Waals surface area contributed by atoms with Crippen molar-refractivity contribution < 1.29 is 14.3 Å². The Balaban J connectivity index is 1.78. The minimum Gasteiger partial charge on any atom is -0.354 e. The van der Waals surface area contributed by atoms with E-state index in [0.717, 1.165) is 12.0 Å². The number of hydrogen-bond donors (Lipinski definition) is 0. The molecule has 22 heavy (non-hydrogen) atoms. The number of rotatable bonds is 4. The smallest absolute Gasteiger partial charge is 0.198 e. The number of methoxy groups -OCH3 is 1. The maximum Gasteiger partial charge on any atom is 0.198 e. The van der Waals surface area contributed by atoms with Gasteiger partial charge in [-0.25, -0.2) is 0 Å². The van der Waals surface area contributed by atoms with E-state index in [1.807, 2.05) is 4.90 Å². The lowest BCUT2D eigenvalue weighted by Crippen LogP contribution is -2.43. The van der Waals surface area contributed by atoms with Gasteiger partial charge in [0.25, 0.3) is 0 Å². The molecule has 0 amide bonds. The Morgan fingerprint density at radius 1 is 1.23 bits per heavy atom. The molecule has 2 atom stereocenters. The molecule has 1 aromatic rings. The molecule has 1 heterocycles. The van der Waals surface area contributed by atoms with Crippen molar-refractivity contribution in [2.24, 2.45) is 0 Å². The lowest BCUT2D eigenvalue weighted by molar-refractivity contribution is -0.155. The summed E-state index contributed by atoms with van der Waals surface area (Å²) in [5.41, 5.74) is 1.47. The average molecular weight is 303 g/mol. The van der Waals surface area contributed by atoms with E-state index in [1.54, 1.807) is 14.0 Å². The van der Waals surface area contributed by atoms with Crippen LogP contribution >= 0.6 is 0 Å². The number of ether oxygens (including phenoxy) is 2. The predicted molar refractivity (Wildman–Crippen MR) is 86.0 cm³/mol. The summed E-state index contributed by atoms with van der Waals surface area (Å²) in [7, 11) is 1.60. The Morgan fingerprint density at radius 3 is 2.50 bits per heavy atom. The number of anilines is 1. The molecule has 0 aromatic heterocycles. The molecule has 1 aromatic carbocycles. The average Bonchev–Trinajstić information content (AvgIpc) is 2.93. The fourth-order valence-corrected chi connectivity index (χ4v) is 3.64. The van der Waals surface area contributed by atoms with Gasteiger partial charge >= 0.3 is 0 Å². The molecule has 1 aliphatic heterocycles. The van der Waals surface area contributed by atoms with Gasteiger partial charge in [-0.05, 0) is 43.4 Å². The first-order chi connectivity index (χ1) is 10.7. The molecule has 0 bridgehead atoms. The molecule has 1 saturated heterocycles. The van der Waals surface area contributed by atoms with Crippen molar-refractivity contribution in [2.45, 2.75) is 57.0 Å². The van der Waals surface area contributed by atoms with Gasteiger partial charge in [-0.15, -0.1) is 0 Å². The van der Waals surface area contributed by atoms with Gasteiger partial charge in [-0.3, -0.25) is 4.79 Å². The summed E-state index contributed by atoms with van der Waals surface area (Å²) in [4.78, 5) is 13.4. The molecule has 0 spiro atoms. The zero-order chi connectivity index (χ0) is 15.6. The van der Waals surface area contributed by atoms with Gasteiger partial charge in [0.05, 0.1) is 6.54 Å². The molecule has 2 aliphatic rings. The summed E-state index contributed by atoms with van der Waals surface area (Å²) in [6.45, 7) is 2.35. The summed E-state index contributed by atoms with van der Waals surface area (Å²) in [5.74, 6) is 0.696. The third kappa shape index (κ3) is 2.90. The molecule has 1 saturated carbocycles. The maximum absolute atomic E-state index is 11.5. The summed E-state index contributed by atoms with van der Waals surface area (Å²) in [6.07, 6.45) is 7.12. The van der Waals surface area contributed by atoms with E-state index in [2.05, 4.69) is 24.3 Å². The Morgan fingerprint density at radius 2 is 1.91 bits per heavy atom. The van der Waals surface area contributed by atoms with Crippen molar-refractivity contribution in [1.82, 2.24) is 0 Å². The fourth-order valence-electron chi connectivity index (χ4n) is 3.64. The normalized spacial score (nSPS) is 29.7. The molecule has 4 heteroatoms. The molecule has 2 unspecified atom stereocenters. The Kier molecular flexibility index (Phi) is 4.50. The van der Waals surface area contributed by atoms with E-state index in [9.17, 15) is 4.79 Å². The minimum absolute atomic E-state index is 0.367. The SMILES string of the molecule is COC1CN(c2ccc(C3CCCCC3)cc2)C(C)(C=O)O1. The molecule has 3 rings (SSSR count). The number of hydrogen-bond acceptors (Lipinski definition) is 4. The van der Waals surface area contributed by atoms with E-state index in [4.69, 9.17) is 9.47 Å². The molecule has 4 nitrogen and oxygen atoms in total. The van der Waals surface area contributed by atoms with Crippen molar-refractivity contribution in [3.63, 3.8) is 0 Å². The van der Waals surface area contributed by atoms with Crippen LogP contribution in [0, 0.1) is 0 Å². The first-order valence-electron chi connectivity index (χ1n) is 8.21. The number of carbonyl (C=O) groups excluding carboxylic acids is 1. The molecule has 120 valence electrons. The van der Waals surface area contributed by atoms with Crippen LogP contribution in [-0.2, 0) is 14.3 Å². The lowest BCUT2D eigenvalue weighted by atomic mass is 9.84. The topological polar surface area (TPSA) is 38.8 Å². The van der Waals surface area contributed by atoms with E-state index in [-0.39, 0.29) is 6.29 Å². The highest BCUT2D eigenvalue weighted by Crippen LogP contribution is 2.35. The van der Waals surface area contributed by atoms with E-state index in [1.165, 1.54) is 37.7 Å². The second-order valence-electron chi connectivity index (χ2n) is 6.49. The van der Waals surface area contributed by atoms with Crippen molar-refractivity contribution in [3.8, 4) is 0 Å². The van der Waals surface area contributed by atoms with Crippen LogP contribution in [0.25, 0.3) is 0 Å². The van der Waals surface area contributed by atoms with Crippen molar-refractivity contribution in [2.75, 3.05) is 18.6 Å². The molecular formula is C18H25NO3. The Hall–Kier alpha value is -1.39. The number of aldehydes is 1. The number of carbonyl (C=O) groups is 1. The van der Waals surface area contributed by atoms with Gasteiger partial charge in [0.15, 0.2) is 18.3 Å². The Labute approximate surface area is 132 Å². The highest BCUT2D eigenvalue weighted by Gasteiger charge is 2.43. The van der Waals surface area contributed by atoms with E-state index < -0.39 is 5.72 Å². The van der Waals surface area contributed by atoms with Crippen LogP contribution in [-0.4, -0.2) is 32.0 Å². The summed E-state index contributed by atoms with van der Waals surface area (Å²) in [6, 6.07) is 8.62. The van der Waals surface area contributed by atoms with Crippen LogP contribution in [0.5, 0.6) is 0 Å². The summed E-state index contributed by atoms with van der Waals surface area (Å²) >= 11 is 0. The monoisotopic (exact) mass is 303 g/mol. The van der Waals surface area contributed by atoms with Gasteiger partial charge in [0.2, 0.25) is 0 Å². The minimum atomic E-state index is -0.951. The van der Waals surface area contributed by atoms with Gasteiger partial charge in [0.1, 0.15) is 0 Å². The van der Waals surface area contributed by atoms with Crippen LogP contribution in [0.2, 0.25) is 0 Å². The van der Waals surface area contributed by atoms with Crippen molar-refractivity contribution in [1.29, 1.82) is 0 Å². The van der Waals surface area contributed by atoms with E-state index in [0.29, 0.717) is 12.5 Å². The molecular weight excluding hydrogens is 278 g/mol. The van der Waals surface area contributed by atoms with Gasteiger partial charge < -0.3 is 14.4 Å². The standard InChI is InChI=1S/C18H25NO3/c1-18(13-20)19(12-17(21-2)22-18)16-10-8-15(9-11-16)14-6-4-3-5-7-14/h8-11,13-14,17H,3-7,12H2,1-2H3. The summed E-state index contributed by atoms with van der Waals surface area (Å²) in [5, 5.41) is 0. The maximum atomic E-state index is 11.5. The highest BCUT2D eigenvalue weighted by atomic mass is 16.7. The number of nitrogens with zero attached hydrogens (tertiary/aromatic N) is 1.